The second-order valence-electron chi connectivity index (χ2n) is 8.30. The van der Waals surface area contributed by atoms with Gasteiger partial charge in [0.05, 0.1) is 0 Å². The molecule has 1 unspecified atom stereocenters. The maximum atomic E-state index is 7.12. The second kappa shape index (κ2) is 11.5. The molecule has 3 nitrogen and oxygen atoms in total. The minimum atomic E-state index is -2.60. The average Bonchev–Trinajstić information content (AvgIpc) is 2.52. The molecule has 0 saturated carbocycles. The standard InChI is InChI=1S/C20H37BO3Si2.V/c1-10-11-19(14-21)20-12-13-22-25(15(2)3,16(4)5)24-26(23-20,17(6)7)18(8)9;/h10,12,14-18,20H,13H2,1-9H3;/q-2;+2. The predicted octanol–water partition coefficient (Wildman–Crippen LogP) is 5.58. The minimum Gasteiger partial charge on any atom is -0.427 e. The zero-order valence-corrected chi connectivity index (χ0v) is 22.0. The molecule has 1 rings (SSSR count). The van der Waals surface area contributed by atoms with E-state index in [2.05, 4.69) is 67.5 Å². The first-order valence-corrected chi connectivity index (χ1v) is 13.8. The van der Waals surface area contributed by atoms with Crippen LogP contribution in [0.3, 0.4) is 0 Å². The SMILES string of the molecule is [B][CH-]C(=C=CC)C1[CH-]CO[Si](C(C)C)(C(C)C)O[Si](C(C)C)(C(C)C)O1.[V+2]. The van der Waals surface area contributed by atoms with Crippen molar-refractivity contribution in [2.24, 2.45) is 0 Å². The Morgan fingerprint density at radius 2 is 1.52 bits per heavy atom. The molecule has 1 atom stereocenters. The topological polar surface area (TPSA) is 27.7 Å². The smallest absolute Gasteiger partial charge is 0.427 e. The van der Waals surface area contributed by atoms with Crippen molar-refractivity contribution in [3.8, 4) is 0 Å². The Labute approximate surface area is 183 Å². The van der Waals surface area contributed by atoms with Crippen molar-refractivity contribution in [2.45, 2.75) is 90.6 Å². The van der Waals surface area contributed by atoms with Crippen LogP contribution in [0.4, 0.5) is 0 Å². The van der Waals surface area contributed by atoms with E-state index in [1.807, 2.05) is 13.0 Å². The van der Waals surface area contributed by atoms with Crippen molar-refractivity contribution in [1.82, 2.24) is 0 Å². The summed E-state index contributed by atoms with van der Waals surface area (Å²) in [6.07, 6.45) is 5.29. The van der Waals surface area contributed by atoms with E-state index in [-0.39, 0.29) is 24.7 Å². The third kappa shape index (κ3) is 5.93. The summed E-state index contributed by atoms with van der Waals surface area (Å²) in [7, 11) is 0.824. The Kier molecular flexibility index (Phi) is 11.7. The van der Waals surface area contributed by atoms with Gasteiger partial charge in [-0.2, -0.15) is 5.57 Å². The molecule has 0 aromatic rings. The van der Waals surface area contributed by atoms with Gasteiger partial charge in [-0.25, -0.2) is 0 Å². The van der Waals surface area contributed by atoms with E-state index in [1.165, 1.54) is 0 Å². The molecule has 1 aliphatic heterocycles. The van der Waals surface area contributed by atoms with E-state index in [0.717, 1.165) is 5.57 Å². The molecule has 3 radical (unpaired) electrons. The average molecular weight is 443 g/mol. The molecule has 0 bridgehead atoms. The molecule has 7 heteroatoms. The molecule has 0 spiro atoms. The van der Waals surface area contributed by atoms with E-state index in [1.54, 1.807) is 6.32 Å². The van der Waals surface area contributed by atoms with Crippen LogP contribution in [0.2, 0.25) is 22.2 Å². The maximum absolute atomic E-state index is 7.12. The van der Waals surface area contributed by atoms with Crippen molar-refractivity contribution in [3.63, 3.8) is 0 Å². The summed E-state index contributed by atoms with van der Waals surface area (Å²) >= 11 is 0. The van der Waals surface area contributed by atoms with E-state index >= 15 is 0 Å². The molecule has 1 saturated heterocycles. The van der Waals surface area contributed by atoms with Crippen molar-refractivity contribution >= 4 is 25.0 Å². The molecule has 0 aliphatic carbocycles. The first-order valence-electron chi connectivity index (χ1n) is 9.88. The largest absolute Gasteiger partial charge is 2.00 e. The summed E-state index contributed by atoms with van der Waals surface area (Å²) in [5.74, 6) is 0. The van der Waals surface area contributed by atoms with Crippen molar-refractivity contribution in [1.29, 1.82) is 0 Å². The summed E-state index contributed by atoms with van der Waals surface area (Å²) in [4.78, 5) is 0. The molecular formula is C20H37BO3Si2V. The van der Waals surface area contributed by atoms with E-state index in [0.29, 0.717) is 28.8 Å². The molecule has 0 aromatic heterocycles. The molecule has 1 heterocycles. The Morgan fingerprint density at radius 1 is 1.04 bits per heavy atom. The Morgan fingerprint density at radius 3 is 1.89 bits per heavy atom. The quantitative estimate of drug-likeness (QED) is 0.305. The van der Waals surface area contributed by atoms with Gasteiger partial charge in [0.15, 0.2) is 0 Å². The van der Waals surface area contributed by atoms with E-state index < -0.39 is 17.1 Å². The van der Waals surface area contributed by atoms with Crippen LogP contribution in [0.1, 0.15) is 62.3 Å². The van der Waals surface area contributed by atoms with Crippen molar-refractivity contribution in [2.75, 3.05) is 6.61 Å². The van der Waals surface area contributed by atoms with Gasteiger partial charge in [0.25, 0.3) is 0 Å². The van der Waals surface area contributed by atoms with Crippen LogP contribution in [0.15, 0.2) is 17.4 Å². The Hall–Kier alpha value is 0.353. The summed E-state index contributed by atoms with van der Waals surface area (Å²) in [5.41, 5.74) is 5.35. The third-order valence-electron chi connectivity index (χ3n) is 5.27. The van der Waals surface area contributed by atoms with Crippen LogP contribution in [0.5, 0.6) is 0 Å². The monoisotopic (exact) mass is 443 g/mol. The third-order valence-corrected chi connectivity index (χ3v) is 15.5. The zero-order chi connectivity index (χ0) is 20.1. The van der Waals surface area contributed by atoms with Gasteiger partial charge in [-0.1, -0.05) is 75.0 Å². The van der Waals surface area contributed by atoms with Gasteiger partial charge < -0.3 is 18.7 Å². The van der Waals surface area contributed by atoms with Gasteiger partial charge in [0.1, 0.15) is 0 Å². The summed E-state index contributed by atoms with van der Waals surface area (Å²) in [5, 5.41) is 0. The number of rotatable bonds is 6. The summed E-state index contributed by atoms with van der Waals surface area (Å²) in [6, 6.07) is 0. The van der Waals surface area contributed by atoms with Crippen LogP contribution in [-0.2, 0) is 31.5 Å². The van der Waals surface area contributed by atoms with Crippen LogP contribution < -0.4 is 0 Å². The van der Waals surface area contributed by atoms with Gasteiger partial charge >= 0.3 is 35.7 Å². The zero-order valence-electron chi connectivity index (χ0n) is 18.6. The predicted molar refractivity (Wildman–Crippen MR) is 115 cm³/mol. The van der Waals surface area contributed by atoms with E-state index in [4.69, 9.17) is 20.8 Å². The van der Waals surface area contributed by atoms with Gasteiger partial charge in [-0.15, -0.1) is 6.08 Å². The fourth-order valence-electron chi connectivity index (χ4n) is 3.81. The molecule has 0 aromatic carbocycles. The van der Waals surface area contributed by atoms with E-state index in [9.17, 15) is 0 Å². The van der Waals surface area contributed by atoms with Crippen molar-refractivity contribution in [3.05, 3.63) is 30.1 Å². The molecule has 27 heavy (non-hydrogen) atoms. The molecular weight excluding hydrogens is 406 g/mol. The normalized spacial score (nSPS) is 22.0. The van der Waals surface area contributed by atoms with Gasteiger partial charge in [0, 0.05) is 0 Å². The van der Waals surface area contributed by atoms with Gasteiger partial charge in [-0.05, 0) is 30.0 Å². The van der Waals surface area contributed by atoms with Crippen LogP contribution in [0.25, 0.3) is 0 Å². The molecule has 1 aliphatic rings. The molecule has 0 amide bonds. The summed E-state index contributed by atoms with van der Waals surface area (Å²) < 4.78 is 20.5. The van der Waals surface area contributed by atoms with Crippen LogP contribution >= 0.6 is 0 Å². The first-order chi connectivity index (χ1) is 12.1. The van der Waals surface area contributed by atoms with Crippen molar-refractivity contribution < 1.29 is 31.5 Å². The summed E-state index contributed by atoms with van der Waals surface area (Å²) in [6.45, 7) is 20.2. The van der Waals surface area contributed by atoms with Gasteiger partial charge in [-0.3, -0.25) is 12.7 Å². The maximum Gasteiger partial charge on any atom is 2.00 e. The first kappa shape index (κ1) is 27.4. The molecule has 1 fully saturated rings. The molecule has 151 valence electrons. The Bertz CT molecular complexity index is 501. The fourth-order valence-corrected chi connectivity index (χ4v) is 14.9. The number of hydrogen-bond donors (Lipinski definition) is 0. The van der Waals surface area contributed by atoms with Crippen LogP contribution in [0, 0.1) is 12.7 Å². The fraction of sp³-hybridized carbons (Fsp3) is 0.750. The minimum absolute atomic E-state index is 0. The Balaban J connectivity index is 0.00000676. The van der Waals surface area contributed by atoms with Gasteiger partial charge in [0.2, 0.25) is 0 Å². The second-order valence-corrected chi connectivity index (χ2v) is 17.1. The van der Waals surface area contributed by atoms with Crippen LogP contribution in [-0.4, -0.2) is 37.7 Å². The molecule has 0 N–H and O–H groups in total. The number of hydrogen-bond acceptors (Lipinski definition) is 3.